The van der Waals surface area contributed by atoms with Crippen molar-refractivity contribution in [1.82, 2.24) is 10.6 Å². The first-order chi connectivity index (χ1) is 13.2. The van der Waals surface area contributed by atoms with Gasteiger partial charge in [0.2, 0.25) is 0 Å². The van der Waals surface area contributed by atoms with Gasteiger partial charge in [-0.05, 0) is 63.2 Å². The summed E-state index contributed by atoms with van der Waals surface area (Å²) >= 11 is 0. The molecule has 6 heteroatoms. The van der Waals surface area contributed by atoms with E-state index in [0.29, 0.717) is 10.8 Å². The van der Waals surface area contributed by atoms with Crippen LogP contribution in [-0.2, 0) is 9.47 Å². The van der Waals surface area contributed by atoms with Crippen LogP contribution in [0.1, 0.15) is 78.1 Å². The van der Waals surface area contributed by atoms with Gasteiger partial charge in [-0.25, -0.2) is 0 Å². The molecule has 0 radical (unpaired) electrons. The van der Waals surface area contributed by atoms with Crippen molar-refractivity contribution in [2.45, 2.75) is 78.1 Å². The average Bonchev–Trinajstić information content (AvgIpc) is 3.33. The summed E-state index contributed by atoms with van der Waals surface area (Å²) in [5, 5.41) is 7.14. The van der Waals surface area contributed by atoms with Gasteiger partial charge in [0.05, 0.1) is 0 Å². The topological polar surface area (TPSA) is 54.9 Å². The van der Waals surface area contributed by atoms with E-state index in [1.54, 1.807) is 0 Å². The first-order valence-electron chi connectivity index (χ1n) is 11.3. The molecule has 0 atom stereocenters. The van der Waals surface area contributed by atoms with Gasteiger partial charge in [-0.15, -0.1) is 24.0 Å². The van der Waals surface area contributed by atoms with Crippen LogP contribution in [0.25, 0.3) is 0 Å². The summed E-state index contributed by atoms with van der Waals surface area (Å²) in [4.78, 5) is 5.03. The van der Waals surface area contributed by atoms with Crippen molar-refractivity contribution in [1.29, 1.82) is 0 Å². The predicted molar refractivity (Wildman–Crippen MR) is 129 cm³/mol. The third kappa shape index (κ3) is 8.34. The van der Waals surface area contributed by atoms with Crippen LogP contribution >= 0.6 is 24.0 Å². The summed E-state index contributed by atoms with van der Waals surface area (Å²) < 4.78 is 11.0. The lowest BCUT2D eigenvalue weighted by molar-refractivity contribution is 0.107. The van der Waals surface area contributed by atoms with E-state index in [4.69, 9.17) is 14.5 Å². The zero-order valence-electron chi connectivity index (χ0n) is 18.5. The van der Waals surface area contributed by atoms with Crippen molar-refractivity contribution in [3.05, 3.63) is 0 Å². The van der Waals surface area contributed by atoms with Gasteiger partial charge in [0.1, 0.15) is 0 Å². The van der Waals surface area contributed by atoms with Gasteiger partial charge in [0, 0.05) is 46.6 Å². The van der Waals surface area contributed by atoms with Gasteiger partial charge < -0.3 is 20.1 Å². The molecule has 2 aliphatic rings. The fourth-order valence-electron chi connectivity index (χ4n) is 4.86. The molecule has 0 saturated heterocycles. The van der Waals surface area contributed by atoms with Crippen LogP contribution in [0, 0.1) is 10.8 Å². The molecule has 5 nitrogen and oxygen atoms in total. The van der Waals surface area contributed by atoms with Crippen LogP contribution in [0.3, 0.4) is 0 Å². The van der Waals surface area contributed by atoms with Crippen LogP contribution < -0.4 is 10.6 Å². The summed E-state index contributed by atoms with van der Waals surface area (Å²) in [6.07, 6.45) is 12.9. The molecule has 2 N–H and O–H groups in total. The van der Waals surface area contributed by atoms with Gasteiger partial charge in [0.15, 0.2) is 5.96 Å². The molecule has 2 fully saturated rings. The van der Waals surface area contributed by atoms with E-state index in [1.807, 2.05) is 7.11 Å². The van der Waals surface area contributed by atoms with E-state index < -0.39 is 0 Å². The predicted octanol–water partition coefficient (Wildman–Crippen LogP) is 4.74. The molecular weight excluding hydrogens is 465 g/mol. The van der Waals surface area contributed by atoms with Crippen molar-refractivity contribution in [3.63, 3.8) is 0 Å². The molecule has 0 aromatic rings. The Hall–Kier alpha value is -0.0800. The molecule has 166 valence electrons. The molecule has 0 unspecified atom stereocenters. The quantitative estimate of drug-likeness (QED) is 0.173. The average molecular weight is 510 g/mol. The minimum absolute atomic E-state index is 0. The lowest BCUT2D eigenvalue weighted by atomic mass is 9.83. The number of guanidine groups is 1. The van der Waals surface area contributed by atoms with Crippen molar-refractivity contribution in [2.75, 3.05) is 46.6 Å². The zero-order valence-corrected chi connectivity index (χ0v) is 20.8. The molecule has 0 bridgehead atoms. The highest BCUT2D eigenvalue weighted by atomic mass is 127. The Bertz CT molecular complexity index is 433. The van der Waals surface area contributed by atoms with Crippen LogP contribution in [0.5, 0.6) is 0 Å². The Morgan fingerprint density at radius 2 is 1.50 bits per heavy atom. The molecular formula is C22H44IN3O2. The van der Waals surface area contributed by atoms with Crippen LogP contribution in [0.15, 0.2) is 4.99 Å². The molecule has 0 spiro atoms. The number of halogens is 1. The van der Waals surface area contributed by atoms with Crippen LogP contribution in [0.4, 0.5) is 0 Å². The number of nitrogens with one attached hydrogen (secondary N) is 2. The molecule has 2 saturated carbocycles. The van der Waals surface area contributed by atoms with Crippen molar-refractivity contribution >= 4 is 29.9 Å². The smallest absolute Gasteiger partial charge is 0.191 e. The van der Waals surface area contributed by atoms with E-state index in [1.165, 1.54) is 51.4 Å². The Kier molecular flexibility index (Phi) is 13.0. The van der Waals surface area contributed by atoms with Gasteiger partial charge in [-0.1, -0.05) is 25.7 Å². The van der Waals surface area contributed by atoms with E-state index in [9.17, 15) is 0 Å². The molecule has 2 rings (SSSR count). The van der Waals surface area contributed by atoms with Crippen LogP contribution in [0.2, 0.25) is 0 Å². The van der Waals surface area contributed by atoms with Crippen molar-refractivity contribution in [3.8, 4) is 0 Å². The summed E-state index contributed by atoms with van der Waals surface area (Å²) in [7, 11) is 1.81. The molecule has 2 aliphatic carbocycles. The maximum atomic E-state index is 5.65. The van der Waals surface area contributed by atoms with Crippen molar-refractivity contribution < 1.29 is 9.47 Å². The van der Waals surface area contributed by atoms with Gasteiger partial charge in [0.25, 0.3) is 0 Å². The number of hydrogen-bond acceptors (Lipinski definition) is 3. The normalized spacial score (nSPS) is 20.8. The standard InChI is InChI=1S/C22H43N3O2.HI/c1-4-23-20(24-18-21(14-16-26-3)10-6-7-11-21)25-19-22(12-8-9-13-22)15-17-27-5-2;/h4-19H2,1-3H3,(H2,23,24,25);1H. The molecule has 0 heterocycles. The second-order valence-electron chi connectivity index (χ2n) is 8.65. The summed E-state index contributed by atoms with van der Waals surface area (Å²) in [6, 6.07) is 0. The van der Waals surface area contributed by atoms with Crippen molar-refractivity contribution in [2.24, 2.45) is 15.8 Å². The maximum absolute atomic E-state index is 5.65. The summed E-state index contributed by atoms with van der Waals surface area (Å²) in [5.74, 6) is 0.990. The number of rotatable bonds is 12. The Balaban J connectivity index is 0.00000392. The molecule has 0 aromatic carbocycles. The number of methoxy groups -OCH3 is 1. The lowest BCUT2D eigenvalue weighted by Gasteiger charge is -2.31. The lowest BCUT2D eigenvalue weighted by Crippen LogP contribution is -2.44. The van der Waals surface area contributed by atoms with Gasteiger partial charge >= 0.3 is 0 Å². The number of hydrogen-bond donors (Lipinski definition) is 2. The second kappa shape index (κ2) is 14.0. The van der Waals surface area contributed by atoms with Gasteiger partial charge in [-0.3, -0.25) is 4.99 Å². The number of aliphatic imine (C=N–C) groups is 1. The van der Waals surface area contributed by atoms with E-state index in [-0.39, 0.29) is 24.0 Å². The minimum Gasteiger partial charge on any atom is -0.385 e. The number of ether oxygens (including phenoxy) is 2. The number of nitrogens with zero attached hydrogens (tertiary/aromatic N) is 1. The molecule has 0 aromatic heterocycles. The third-order valence-corrected chi connectivity index (χ3v) is 6.69. The highest BCUT2D eigenvalue weighted by Gasteiger charge is 2.35. The van der Waals surface area contributed by atoms with E-state index in [0.717, 1.165) is 58.3 Å². The fourth-order valence-corrected chi connectivity index (χ4v) is 4.86. The Morgan fingerprint density at radius 1 is 0.893 bits per heavy atom. The fraction of sp³-hybridized carbons (Fsp3) is 0.955. The van der Waals surface area contributed by atoms with Crippen LogP contribution in [-0.4, -0.2) is 52.5 Å². The highest BCUT2D eigenvalue weighted by molar-refractivity contribution is 14.0. The Morgan fingerprint density at radius 3 is 2.07 bits per heavy atom. The molecule has 28 heavy (non-hydrogen) atoms. The second-order valence-corrected chi connectivity index (χ2v) is 8.65. The third-order valence-electron chi connectivity index (χ3n) is 6.69. The zero-order chi connectivity index (χ0) is 19.4. The molecule has 0 amide bonds. The minimum atomic E-state index is 0. The largest absolute Gasteiger partial charge is 0.385 e. The molecule has 0 aliphatic heterocycles. The highest BCUT2D eigenvalue weighted by Crippen LogP contribution is 2.42. The van der Waals surface area contributed by atoms with E-state index >= 15 is 0 Å². The first-order valence-corrected chi connectivity index (χ1v) is 11.3. The summed E-state index contributed by atoms with van der Waals surface area (Å²) in [5.41, 5.74) is 0.727. The van der Waals surface area contributed by atoms with Gasteiger partial charge in [-0.2, -0.15) is 0 Å². The summed E-state index contributed by atoms with van der Waals surface area (Å²) in [6.45, 7) is 9.60. The SMILES string of the molecule is CCNC(=NCC1(CCOCC)CCCC1)NCC1(CCOC)CCCC1.I. The maximum Gasteiger partial charge on any atom is 0.191 e. The first kappa shape index (κ1) is 26.0. The monoisotopic (exact) mass is 509 g/mol. The Labute approximate surface area is 190 Å². The van der Waals surface area contributed by atoms with E-state index in [2.05, 4.69) is 24.5 Å².